The van der Waals surface area contributed by atoms with Crippen molar-refractivity contribution < 1.29 is 4.74 Å². The van der Waals surface area contributed by atoms with Gasteiger partial charge in [-0.2, -0.15) is 0 Å². The standard InChI is InChI=1S/C5H10INO/c1-8-5-2-3-7(6)4-5/h5H,2-4H2,1H3/t5-/m1/s1. The second-order valence-electron chi connectivity index (χ2n) is 2.02. The largest absolute Gasteiger partial charge is 0.380 e. The van der Waals surface area contributed by atoms with Gasteiger partial charge in [-0.3, -0.25) is 0 Å². The molecule has 48 valence electrons. The van der Waals surface area contributed by atoms with Gasteiger partial charge in [-0.1, -0.05) is 0 Å². The van der Waals surface area contributed by atoms with Crippen molar-refractivity contribution in [1.82, 2.24) is 3.11 Å². The van der Waals surface area contributed by atoms with Crippen molar-refractivity contribution in [2.45, 2.75) is 12.5 Å². The van der Waals surface area contributed by atoms with Gasteiger partial charge >= 0.3 is 0 Å². The van der Waals surface area contributed by atoms with E-state index < -0.39 is 0 Å². The molecule has 1 aliphatic heterocycles. The van der Waals surface area contributed by atoms with Gasteiger partial charge in [0.05, 0.1) is 6.10 Å². The number of halogens is 1. The maximum atomic E-state index is 5.14. The van der Waals surface area contributed by atoms with Crippen LogP contribution in [0.25, 0.3) is 0 Å². The minimum absolute atomic E-state index is 0.492. The summed E-state index contributed by atoms with van der Waals surface area (Å²) in [7, 11) is 1.78. The van der Waals surface area contributed by atoms with Crippen LogP contribution in [-0.2, 0) is 4.74 Å². The van der Waals surface area contributed by atoms with E-state index in [1.807, 2.05) is 0 Å². The Morgan fingerprint density at radius 3 is 2.75 bits per heavy atom. The minimum atomic E-state index is 0.492. The van der Waals surface area contributed by atoms with Crippen LogP contribution in [0.15, 0.2) is 0 Å². The highest BCUT2D eigenvalue weighted by Gasteiger charge is 2.18. The summed E-state index contributed by atoms with van der Waals surface area (Å²) in [5.74, 6) is 0. The van der Waals surface area contributed by atoms with Gasteiger partial charge < -0.3 is 4.74 Å². The molecule has 3 heteroatoms. The molecule has 0 unspecified atom stereocenters. The smallest absolute Gasteiger partial charge is 0.0718 e. The monoisotopic (exact) mass is 227 g/mol. The van der Waals surface area contributed by atoms with Crippen LogP contribution in [0.5, 0.6) is 0 Å². The average Bonchev–Trinajstić information content (AvgIpc) is 2.14. The van der Waals surface area contributed by atoms with Gasteiger partial charge in [0.25, 0.3) is 0 Å². The van der Waals surface area contributed by atoms with Crippen molar-refractivity contribution in [1.29, 1.82) is 0 Å². The molecule has 2 nitrogen and oxygen atoms in total. The zero-order valence-electron chi connectivity index (χ0n) is 4.93. The van der Waals surface area contributed by atoms with Gasteiger partial charge in [0.15, 0.2) is 0 Å². The van der Waals surface area contributed by atoms with E-state index in [1.165, 1.54) is 13.0 Å². The maximum Gasteiger partial charge on any atom is 0.0718 e. The zero-order chi connectivity index (χ0) is 5.98. The highest BCUT2D eigenvalue weighted by atomic mass is 127. The average molecular weight is 227 g/mol. The summed E-state index contributed by atoms with van der Waals surface area (Å²) >= 11 is 2.32. The van der Waals surface area contributed by atoms with E-state index in [0.717, 1.165) is 6.54 Å². The molecule has 0 saturated carbocycles. The summed E-state index contributed by atoms with van der Waals surface area (Å²) in [4.78, 5) is 0. The van der Waals surface area contributed by atoms with Gasteiger partial charge in [-0.15, -0.1) is 0 Å². The van der Waals surface area contributed by atoms with E-state index in [-0.39, 0.29) is 0 Å². The fraction of sp³-hybridized carbons (Fsp3) is 1.00. The lowest BCUT2D eigenvalue weighted by Gasteiger charge is -2.04. The molecule has 1 saturated heterocycles. The zero-order valence-corrected chi connectivity index (χ0v) is 7.09. The van der Waals surface area contributed by atoms with Gasteiger partial charge in [-0.25, -0.2) is 3.11 Å². The number of methoxy groups -OCH3 is 1. The summed E-state index contributed by atoms with van der Waals surface area (Å²) in [6.07, 6.45) is 1.69. The highest BCUT2D eigenvalue weighted by molar-refractivity contribution is 14.1. The second-order valence-corrected chi connectivity index (χ2v) is 3.38. The topological polar surface area (TPSA) is 12.5 Å². The fourth-order valence-electron chi connectivity index (χ4n) is 0.880. The van der Waals surface area contributed by atoms with Crippen molar-refractivity contribution >= 4 is 22.9 Å². The lowest BCUT2D eigenvalue weighted by Crippen LogP contribution is -2.12. The molecule has 0 spiro atoms. The number of rotatable bonds is 1. The van der Waals surface area contributed by atoms with Crippen molar-refractivity contribution in [3.8, 4) is 0 Å². The first-order chi connectivity index (χ1) is 3.83. The number of nitrogens with zero attached hydrogens (tertiary/aromatic N) is 1. The molecule has 1 aliphatic rings. The fourth-order valence-corrected chi connectivity index (χ4v) is 1.60. The molecule has 8 heavy (non-hydrogen) atoms. The lowest BCUT2D eigenvalue weighted by molar-refractivity contribution is 0.116. The van der Waals surface area contributed by atoms with E-state index in [2.05, 4.69) is 26.0 Å². The molecule has 0 aromatic rings. The normalized spacial score (nSPS) is 31.5. The predicted octanol–water partition coefficient (Wildman–Crippen LogP) is 1.06. The quantitative estimate of drug-likeness (QED) is 0.490. The Hall–Kier alpha value is 0.650. The summed E-state index contributed by atoms with van der Waals surface area (Å²) in [6, 6.07) is 0. The van der Waals surface area contributed by atoms with Crippen molar-refractivity contribution in [3.63, 3.8) is 0 Å². The third-order valence-electron chi connectivity index (χ3n) is 1.43. The van der Waals surface area contributed by atoms with Crippen LogP contribution in [0.1, 0.15) is 6.42 Å². The molecule has 1 rings (SSSR count). The summed E-state index contributed by atoms with van der Waals surface area (Å²) in [5, 5.41) is 0. The third-order valence-corrected chi connectivity index (χ3v) is 2.31. The lowest BCUT2D eigenvalue weighted by atomic mass is 10.3. The number of hydrogen-bond acceptors (Lipinski definition) is 2. The molecule has 1 atom stereocenters. The van der Waals surface area contributed by atoms with Crippen LogP contribution < -0.4 is 0 Å². The molecular weight excluding hydrogens is 217 g/mol. The molecule has 1 heterocycles. The van der Waals surface area contributed by atoms with Crippen LogP contribution in [0, 0.1) is 0 Å². The van der Waals surface area contributed by atoms with Crippen LogP contribution in [0.2, 0.25) is 0 Å². The molecule has 1 fully saturated rings. The Morgan fingerprint density at radius 1 is 1.75 bits per heavy atom. The molecule has 0 N–H and O–H groups in total. The first-order valence-electron chi connectivity index (χ1n) is 2.76. The molecule has 0 radical (unpaired) electrons. The van der Waals surface area contributed by atoms with Crippen molar-refractivity contribution in [2.75, 3.05) is 20.2 Å². The van der Waals surface area contributed by atoms with Crippen LogP contribution in [0.4, 0.5) is 0 Å². The number of ether oxygens (including phenoxy) is 1. The van der Waals surface area contributed by atoms with Crippen molar-refractivity contribution in [2.24, 2.45) is 0 Å². The van der Waals surface area contributed by atoms with Crippen LogP contribution in [-0.4, -0.2) is 29.4 Å². The highest BCUT2D eigenvalue weighted by Crippen LogP contribution is 2.14. The van der Waals surface area contributed by atoms with Crippen LogP contribution >= 0.6 is 22.9 Å². The maximum absolute atomic E-state index is 5.14. The Morgan fingerprint density at radius 2 is 2.50 bits per heavy atom. The molecule has 0 aliphatic carbocycles. The Bertz CT molecular complexity index is 78.8. The van der Waals surface area contributed by atoms with Gasteiger partial charge in [0, 0.05) is 43.1 Å². The van der Waals surface area contributed by atoms with E-state index in [4.69, 9.17) is 4.74 Å². The van der Waals surface area contributed by atoms with Crippen molar-refractivity contribution in [3.05, 3.63) is 0 Å². The Kier molecular flexibility index (Phi) is 2.52. The van der Waals surface area contributed by atoms with E-state index >= 15 is 0 Å². The summed E-state index contributed by atoms with van der Waals surface area (Å²) in [6.45, 7) is 2.27. The molecule has 0 amide bonds. The molecule has 0 bridgehead atoms. The SMILES string of the molecule is CO[C@@H]1CCN(I)C1. The van der Waals surface area contributed by atoms with Gasteiger partial charge in [0.2, 0.25) is 0 Å². The van der Waals surface area contributed by atoms with Gasteiger partial charge in [0.1, 0.15) is 0 Å². The second kappa shape index (κ2) is 2.98. The van der Waals surface area contributed by atoms with E-state index in [9.17, 15) is 0 Å². The molecule has 0 aromatic heterocycles. The Balaban J connectivity index is 2.22. The molecule has 0 aromatic carbocycles. The summed E-state index contributed by atoms with van der Waals surface area (Å²) < 4.78 is 7.39. The Labute approximate surface area is 63.7 Å². The first kappa shape index (κ1) is 6.77. The van der Waals surface area contributed by atoms with Gasteiger partial charge in [-0.05, 0) is 6.42 Å². The predicted molar refractivity (Wildman–Crippen MR) is 41.0 cm³/mol. The molecular formula is C5H10INO. The van der Waals surface area contributed by atoms with E-state index in [1.54, 1.807) is 7.11 Å². The first-order valence-corrected chi connectivity index (χ1v) is 3.73. The number of hydrogen-bond donors (Lipinski definition) is 0. The van der Waals surface area contributed by atoms with E-state index in [0.29, 0.717) is 6.10 Å². The third kappa shape index (κ3) is 1.56. The minimum Gasteiger partial charge on any atom is -0.380 e. The van der Waals surface area contributed by atoms with Crippen LogP contribution in [0.3, 0.4) is 0 Å². The summed E-state index contributed by atoms with van der Waals surface area (Å²) in [5.41, 5.74) is 0.